The van der Waals surface area contributed by atoms with Gasteiger partial charge >= 0.3 is 6.18 Å². The number of alkyl halides is 3. The predicted octanol–water partition coefficient (Wildman–Crippen LogP) is 2.94. The highest BCUT2D eigenvalue weighted by atomic mass is 79.9. The van der Waals surface area contributed by atoms with Crippen LogP contribution in [0, 0.1) is 0 Å². The zero-order chi connectivity index (χ0) is 12.3. The second-order valence-corrected chi connectivity index (χ2v) is 3.55. The van der Waals surface area contributed by atoms with Crippen LogP contribution in [-0.4, -0.2) is 12.0 Å². The summed E-state index contributed by atoms with van der Waals surface area (Å²) in [5.74, 6) is -1.06. The largest absolute Gasteiger partial charge is 0.417 e. The first-order chi connectivity index (χ1) is 7.36. The number of amides is 1. The molecule has 0 aromatic heterocycles. The van der Waals surface area contributed by atoms with Gasteiger partial charge in [-0.15, -0.1) is 4.99 Å². The summed E-state index contributed by atoms with van der Waals surface area (Å²) in [4.78, 5) is 23.5. The molecule has 0 bridgehead atoms. The zero-order valence-electron chi connectivity index (χ0n) is 7.51. The maximum Gasteiger partial charge on any atom is 0.417 e. The van der Waals surface area contributed by atoms with Gasteiger partial charge in [-0.25, -0.2) is 4.79 Å². The monoisotopic (exact) mass is 293 g/mol. The molecule has 84 valence electrons. The van der Waals surface area contributed by atoms with E-state index in [1.165, 1.54) is 0 Å². The van der Waals surface area contributed by atoms with Crippen LogP contribution in [-0.2, 0) is 11.0 Å². The molecular formula is C9H3BrF3NO2. The predicted molar refractivity (Wildman–Crippen MR) is 51.6 cm³/mol. The maximum absolute atomic E-state index is 12.4. The Balaban J connectivity index is 3.28. The Bertz CT molecular complexity index is 478. The molecule has 16 heavy (non-hydrogen) atoms. The lowest BCUT2D eigenvalue weighted by atomic mass is 10.1. The van der Waals surface area contributed by atoms with E-state index in [0.29, 0.717) is 6.07 Å². The number of benzene rings is 1. The Morgan fingerprint density at radius 1 is 1.38 bits per heavy atom. The van der Waals surface area contributed by atoms with Crippen LogP contribution >= 0.6 is 15.9 Å². The molecule has 0 aliphatic heterocycles. The van der Waals surface area contributed by atoms with Crippen LogP contribution in [0.2, 0.25) is 0 Å². The van der Waals surface area contributed by atoms with Gasteiger partial charge in [0.05, 0.1) is 5.56 Å². The molecule has 0 spiro atoms. The fourth-order valence-corrected chi connectivity index (χ4v) is 1.45. The van der Waals surface area contributed by atoms with Crippen LogP contribution in [0.3, 0.4) is 0 Å². The number of halogens is 4. The van der Waals surface area contributed by atoms with Gasteiger partial charge in [-0.2, -0.15) is 13.2 Å². The van der Waals surface area contributed by atoms with Crippen LogP contribution in [0.25, 0.3) is 0 Å². The quantitative estimate of drug-likeness (QED) is 0.590. The van der Waals surface area contributed by atoms with Crippen LogP contribution < -0.4 is 0 Å². The molecular weight excluding hydrogens is 291 g/mol. The van der Waals surface area contributed by atoms with Crippen molar-refractivity contribution < 1.29 is 22.8 Å². The third-order valence-electron chi connectivity index (χ3n) is 1.67. The zero-order valence-corrected chi connectivity index (χ0v) is 9.09. The average molecular weight is 294 g/mol. The first-order valence-electron chi connectivity index (χ1n) is 3.85. The minimum Gasteiger partial charge on any atom is -0.266 e. The van der Waals surface area contributed by atoms with Gasteiger partial charge in [0.25, 0.3) is 5.91 Å². The highest BCUT2D eigenvalue weighted by Gasteiger charge is 2.33. The molecule has 1 aromatic rings. The normalized spacial score (nSPS) is 10.8. The molecule has 0 atom stereocenters. The van der Waals surface area contributed by atoms with Crippen LogP contribution in [0.5, 0.6) is 0 Å². The highest BCUT2D eigenvalue weighted by Crippen LogP contribution is 2.35. The summed E-state index contributed by atoms with van der Waals surface area (Å²) in [6, 6.07) is 2.81. The molecule has 7 heteroatoms. The second kappa shape index (κ2) is 4.59. The van der Waals surface area contributed by atoms with Crippen molar-refractivity contribution in [2.24, 2.45) is 4.99 Å². The van der Waals surface area contributed by atoms with E-state index < -0.39 is 17.6 Å². The Morgan fingerprint density at radius 2 is 2.00 bits per heavy atom. The third kappa shape index (κ3) is 2.77. The summed E-state index contributed by atoms with van der Waals surface area (Å²) in [7, 11) is 0. The highest BCUT2D eigenvalue weighted by molar-refractivity contribution is 9.10. The number of rotatable bonds is 1. The maximum atomic E-state index is 12.4. The van der Waals surface area contributed by atoms with Crippen molar-refractivity contribution in [3.8, 4) is 0 Å². The molecule has 0 unspecified atom stereocenters. The topological polar surface area (TPSA) is 46.5 Å². The SMILES string of the molecule is O=C=NC(=O)c1ccc(Br)c(C(F)(F)F)c1. The first kappa shape index (κ1) is 12.6. The summed E-state index contributed by atoms with van der Waals surface area (Å²) in [5.41, 5.74) is -1.32. The van der Waals surface area contributed by atoms with Gasteiger partial charge in [-0.05, 0) is 18.2 Å². The second-order valence-electron chi connectivity index (χ2n) is 2.70. The smallest absolute Gasteiger partial charge is 0.266 e. The van der Waals surface area contributed by atoms with Gasteiger partial charge < -0.3 is 0 Å². The molecule has 0 saturated heterocycles. The van der Waals surface area contributed by atoms with Crippen LogP contribution in [0.15, 0.2) is 27.7 Å². The lowest BCUT2D eigenvalue weighted by molar-refractivity contribution is -0.138. The lowest BCUT2D eigenvalue weighted by Gasteiger charge is -2.09. The van der Waals surface area contributed by atoms with E-state index in [1.807, 2.05) is 0 Å². The summed E-state index contributed by atoms with van der Waals surface area (Å²) < 4.78 is 37.1. The van der Waals surface area contributed by atoms with E-state index >= 15 is 0 Å². The number of nitrogens with zero attached hydrogens (tertiary/aromatic N) is 1. The van der Waals surface area contributed by atoms with E-state index in [9.17, 15) is 22.8 Å². The molecule has 3 nitrogen and oxygen atoms in total. The molecule has 0 radical (unpaired) electrons. The average Bonchev–Trinajstić information content (AvgIpc) is 2.16. The molecule has 1 rings (SSSR count). The Morgan fingerprint density at radius 3 is 2.50 bits per heavy atom. The van der Waals surface area contributed by atoms with Crippen molar-refractivity contribution >= 4 is 27.9 Å². The minimum absolute atomic E-state index is 0.188. The Kier molecular flexibility index (Phi) is 3.62. The van der Waals surface area contributed by atoms with Gasteiger partial charge in [0.15, 0.2) is 0 Å². The van der Waals surface area contributed by atoms with Crippen LogP contribution in [0.1, 0.15) is 15.9 Å². The summed E-state index contributed by atoms with van der Waals surface area (Å²) >= 11 is 2.72. The molecule has 0 heterocycles. The molecule has 0 N–H and O–H groups in total. The number of isocyanates is 1. The van der Waals surface area contributed by atoms with Gasteiger partial charge in [0.2, 0.25) is 6.08 Å². The van der Waals surface area contributed by atoms with E-state index in [2.05, 4.69) is 20.9 Å². The molecule has 0 aliphatic rings. The van der Waals surface area contributed by atoms with Gasteiger partial charge in [-0.1, -0.05) is 15.9 Å². The van der Waals surface area contributed by atoms with Crippen LogP contribution in [0.4, 0.5) is 13.2 Å². The number of hydrogen-bond acceptors (Lipinski definition) is 2. The van der Waals surface area contributed by atoms with E-state index in [0.717, 1.165) is 18.2 Å². The molecule has 0 saturated carbocycles. The van der Waals surface area contributed by atoms with Crippen molar-refractivity contribution in [3.63, 3.8) is 0 Å². The summed E-state index contributed by atoms with van der Waals surface area (Å²) in [5, 5.41) is 0. The third-order valence-corrected chi connectivity index (χ3v) is 2.36. The molecule has 1 amide bonds. The fraction of sp³-hybridized carbons (Fsp3) is 0.111. The first-order valence-corrected chi connectivity index (χ1v) is 4.64. The van der Waals surface area contributed by atoms with Crippen molar-refractivity contribution in [2.75, 3.05) is 0 Å². The van der Waals surface area contributed by atoms with Crippen molar-refractivity contribution in [3.05, 3.63) is 33.8 Å². The Hall–Kier alpha value is -1.46. The van der Waals surface area contributed by atoms with E-state index in [4.69, 9.17) is 0 Å². The lowest BCUT2D eigenvalue weighted by Crippen LogP contribution is -2.08. The van der Waals surface area contributed by atoms with Gasteiger partial charge in [0.1, 0.15) is 0 Å². The number of carbonyl (C=O) groups excluding carboxylic acids is 2. The number of carbonyl (C=O) groups is 1. The van der Waals surface area contributed by atoms with Crippen molar-refractivity contribution in [1.82, 2.24) is 0 Å². The number of aliphatic imine (C=N–C) groups is 1. The molecule has 0 fully saturated rings. The Labute approximate surface area is 96.1 Å². The summed E-state index contributed by atoms with van der Waals surface area (Å²) in [6.45, 7) is 0. The number of hydrogen-bond donors (Lipinski definition) is 0. The fourth-order valence-electron chi connectivity index (χ4n) is 0.982. The van der Waals surface area contributed by atoms with Crippen molar-refractivity contribution in [2.45, 2.75) is 6.18 Å². The minimum atomic E-state index is -4.58. The van der Waals surface area contributed by atoms with Gasteiger partial charge in [-0.3, -0.25) is 4.79 Å². The summed E-state index contributed by atoms with van der Waals surface area (Å²) in [6.07, 6.45) is -3.61. The molecule has 0 aliphatic carbocycles. The standard InChI is InChI=1S/C9H3BrF3NO2/c10-7-2-1-5(8(16)14-4-15)3-6(7)9(11,12)13/h1-3H. The van der Waals surface area contributed by atoms with E-state index in [-0.39, 0.29) is 10.0 Å². The van der Waals surface area contributed by atoms with Crippen molar-refractivity contribution in [1.29, 1.82) is 0 Å². The molecule has 1 aromatic carbocycles. The van der Waals surface area contributed by atoms with E-state index in [1.54, 1.807) is 0 Å². The van der Waals surface area contributed by atoms with Gasteiger partial charge in [0, 0.05) is 10.0 Å².